The number of hydrogen-bond donors (Lipinski definition) is 3. The van der Waals surface area contributed by atoms with Gasteiger partial charge < -0.3 is 15.3 Å². The third-order valence-electron chi connectivity index (χ3n) is 5.75. The van der Waals surface area contributed by atoms with Gasteiger partial charge in [0.2, 0.25) is 0 Å². The number of hydrogen-bond acceptors (Lipinski definition) is 4. The summed E-state index contributed by atoms with van der Waals surface area (Å²) in [7, 11) is 0. The maximum absolute atomic E-state index is 10.5. The van der Waals surface area contributed by atoms with Gasteiger partial charge in [0.05, 0.1) is 12.2 Å². The molecule has 1 saturated carbocycles. The maximum Gasteiger partial charge on any atom is 0.303 e. The van der Waals surface area contributed by atoms with Crippen LogP contribution in [0.25, 0.3) is 0 Å². The number of aliphatic carboxylic acids is 1. The molecule has 0 amide bonds. The highest BCUT2D eigenvalue weighted by atomic mass is 79.9. The van der Waals surface area contributed by atoms with Crippen molar-refractivity contribution in [3.8, 4) is 0 Å². The van der Waals surface area contributed by atoms with Crippen LogP contribution in [0.5, 0.6) is 0 Å². The molecular formula is C23H33BrO4S. The lowest BCUT2D eigenvalue weighted by Gasteiger charge is -2.20. The molecule has 0 bridgehead atoms. The maximum atomic E-state index is 10.5. The van der Waals surface area contributed by atoms with Crippen molar-refractivity contribution in [3.63, 3.8) is 0 Å². The lowest BCUT2D eigenvalue weighted by Crippen LogP contribution is -2.18. The van der Waals surface area contributed by atoms with Crippen LogP contribution in [-0.4, -0.2) is 33.5 Å². The molecule has 6 heteroatoms. The van der Waals surface area contributed by atoms with E-state index in [4.69, 9.17) is 5.11 Å². The van der Waals surface area contributed by atoms with Gasteiger partial charge in [0.15, 0.2) is 0 Å². The number of unbranched alkanes of at least 4 members (excludes halogenated alkanes) is 1. The average Bonchev–Trinajstić information content (AvgIpc) is 3.11. The van der Waals surface area contributed by atoms with Crippen molar-refractivity contribution >= 4 is 33.2 Å². The van der Waals surface area contributed by atoms with Gasteiger partial charge in [-0.2, -0.15) is 0 Å². The first-order valence-corrected chi connectivity index (χ1v) is 12.0. The minimum Gasteiger partial charge on any atom is -0.481 e. The lowest BCUT2D eigenvalue weighted by molar-refractivity contribution is -0.137. The van der Waals surface area contributed by atoms with Crippen LogP contribution in [-0.2, 0) is 11.2 Å². The molecule has 0 radical (unpaired) electrons. The van der Waals surface area contributed by atoms with Crippen molar-refractivity contribution < 1.29 is 20.1 Å². The van der Waals surface area contributed by atoms with Crippen molar-refractivity contribution in [2.45, 2.75) is 71.0 Å². The molecule has 0 saturated heterocycles. The van der Waals surface area contributed by atoms with Gasteiger partial charge in [-0.05, 0) is 85.2 Å². The van der Waals surface area contributed by atoms with E-state index in [-0.39, 0.29) is 24.4 Å². The summed E-state index contributed by atoms with van der Waals surface area (Å²) in [6, 6.07) is 2.13. The van der Waals surface area contributed by atoms with E-state index >= 15 is 0 Å². The fourth-order valence-corrected chi connectivity index (χ4v) is 5.68. The summed E-state index contributed by atoms with van der Waals surface area (Å²) in [5.74, 6) is 0.0281. The number of thiophene rings is 1. The van der Waals surface area contributed by atoms with Crippen LogP contribution >= 0.6 is 27.3 Å². The fourth-order valence-electron chi connectivity index (χ4n) is 4.06. The monoisotopic (exact) mass is 484 g/mol. The van der Waals surface area contributed by atoms with Gasteiger partial charge >= 0.3 is 5.97 Å². The van der Waals surface area contributed by atoms with Gasteiger partial charge in [-0.1, -0.05) is 31.2 Å². The quantitative estimate of drug-likeness (QED) is 0.286. The minimum atomic E-state index is -0.760. The summed E-state index contributed by atoms with van der Waals surface area (Å²) in [5.41, 5.74) is 0. The predicted octanol–water partition coefficient (Wildman–Crippen LogP) is 5.50. The van der Waals surface area contributed by atoms with E-state index in [0.29, 0.717) is 18.8 Å². The molecule has 1 aliphatic carbocycles. The van der Waals surface area contributed by atoms with Gasteiger partial charge in [-0.15, -0.1) is 11.3 Å². The minimum absolute atomic E-state index is 0.153. The molecule has 29 heavy (non-hydrogen) atoms. The van der Waals surface area contributed by atoms with Crippen LogP contribution in [0.15, 0.2) is 34.8 Å². The second kappa shape index (κ2) is 12.0. The molecule has 2 rings (SSSR count). The number of rotatable bonds is 11. The molecule has 1 unspecified atom stereocenters. The Morgan fingerprint density at radius 3 is 2.83 bits per heavy atom. The molecule has 0 aromatic carbocycles. The SMILES string of the molecule is Cc1sc(CC[C@H](O)/C=C/[C@H]2[C@H](C)CC(O)[C@@H]2C/C=C\CCCC(=O)O)cc1Br. The summed E-state index contributed by atoms with van der Waals surface area (Å²) in [5, 5.41) is 29.5. The van der Waals surface area contributed by atoms with Gasteiger partial charge in [0.25, 0.3) is 0 Å². The highest BCUT2D eigenvalue weighted by molar-refractivity contribution is 9.10. The van der Waals surface area contributed by atoms with Crippen LogP contribution in [0.1, 0.15) is 55.2 Å². The molecule has 1 aromatic rings. The molecule has 1 aliphatic rings. The highest BCUT2D eigenvalue weighted by Gasteiger charge is 2.37. The average molecular weight is 485 g/mol. The third-order valence-corrected chi connectivity index (χ3v) is 7.94. The molecule has 0 aliphatic heterocycles. The van der Waals surface area contributed by atoms with Crippen LogP contribution in [0.2, 0.25) is 0 Å². The van der Waals surface area contributed by atoms with E-state index in [1.165, 1.54) is 9.75 Å². The standard InChI is InChI=1S/C23H33BrO4S/c1-15-13-22(26)20(7-5-3-4-6-8-23(27)28)19(15)12-10-17(25)9-11-18-14-21(24)16(2)29-18/h3,5,10,12,14-15,17,19-20,22,25-26H,4,6-9,11,13H2,1-2H3,(H,27,28)/b5-3-,12-10+/t15-,17+,19+,20-,22?/m1/s1. The van der Waals surface area contributed by atoms with Crippen LogP contribution in [0, 0.1) is 24.7 Å². The number of halogens is 1. The van der Waals surface area contributed by atoms with E-state index < -0.39 is 12.1 Å². The van der Waals surface area contributed by atoms with Crippen molar-refractivity contribution in [1.29, 1.82) is 0 Å². The van der Waals surface area contributed by atoms with Gasteiger partial charge in [-0.25, -0.2) is 0 Å². The Kier molecular flexibility index (Phi) is 10.1. The molecule has 4 nitrogen and oxygen atoms in total. The van der Waals surface area contributed by atoms with Crippen LogP contribution < -0.4 is 0 Å². The molecular weight excluding hydrogens is 452 g/mol. The van der Waals surface area contributed by atoms with Gasteiger partial charge in [-0.3, -0.25) is 4.79 Å². The molecule has 5 atom stereocenters. The Labute approximate surface area is 186 Å². The summed E-state index contributed by atoms with van der Waals surface area (Å²) in [4.78, 5) is 13.1. The van der Waals surface area contributed by atoms with Crippen LogP contribution in [0.4, 0.5) is 0 Å². The molecule has 1 aromatic heterocycles. The van der Waals surface area contributed by atoms with Crippen LogP contribution in [0.3, 0.4) is 0 Å². The van der Waals surface area contributed by atoms with E-state index in [1.54, 1.807) is 11.3 Å². The number of aryl methyl sites for hydroxylation is 2. The molecule has 0 spiro atoms. The first-order valence-electron chi connectivity index (χ1n) is 10.4. The number of aliphatic hydroxyl groups excluding tert-OH is 2. The Morgan fingerprint density at radius 2 is 2.17 bits per heavy atom. The fraction of sp³-hybridized carbons (Fsp3) is 0.609. The zero-order valence-corrected chi connectivity index (χ0v) is 19.7. The zero-order valence-electron chi connectivity index (χ0n) is 17.3. The van der Waals surface area contributed by atoms with Gasteiger partial charge in [0, 0.05) is 20.6 Å². The first kappa shape index (κ1) is 24.3. The zero-order chi connectivity index (χ0) is 21.4. The number of aliphatic hydroxyl groups is 2. The Morgan fingerprint density at radius 1 is 1.41 bits per heavy atom. The predicted molar refractivity (Wildman–Crippen MR) is 122 cm³/mol. The second-order valence-electron chi connectivity index (χ2n) is 8.12. The summed E-state index contributed by atoms with van der Waals surface area (Å²) >= 11 is 5.30. The lowest BCUT2D eigenvalue weighted by atomic mass is 9.86. The molecule has 3 N–H and O–H groups in total. The summed E-state index contributed by atoms with van der Waals surface area (Å²) in [6.45, 7) is 4.25. The Balaban J connectivity index is 1.83. The van der Waals surface area contributed by atoms with Crippen molar-refractivity contribution in [1.82, 2.24) is 0 Å². The summed E-state index contributed by atoms with van der Waals surface area (Å²) < 4.78 is 1.13. The largest absolute Gasteiger partial charge is 0.481 e. The Bertz CT molecular complexity index is 692. The molecule has 1 heterocycles. The number of carbonyl (C=O) groups is 1. The van der Waals surface area contributed by atoms with E-state index in [2.05, 4.69) is 48.0 Å². The first-order chi connectivity index (χ1) is 13.8. The highest BCUT2D eigenvalue weighted by Crippen LogP contribution is 2.40. The van der Waals surface area contributed by atoms with Crippen molar-refractivity contribution in [3.05, 3.63) is 44.6 Å². The van der Waals surface area contributed by atoms with Gasteiger partial charge in [0.1, 0.15) is 0 Å². The van der Waals surface area contributed by atoms with E-state index in [1.807, 2.05) is 12.2 Å². The third kappa shape index (κ3) is 8.00. The number of carboxylic acid groups (broad SMARTS) is 1. The van der Waals surface area contributed by atoms with Crippen molar-refractivity contribution in [2.24, 2.45) is 17.8 Å². The Hall–Kier alpha value is -0.950. The summed E-state index contributed by atoms with van der Waals surface area (Å²) in [6.07, 6.45) is 12.0. The molecule has 1 fully saturated rings. The molecule has 162 valence electrons. The normalized spacial score (nSPS) is 26.0. The number of carboxylic acids is 1. The smallest absolute Gasteiger partial charge is 0.303 e. The second-order valence-corrected chi connectivity index (χ2v) is 10.3. The van der Waals surface area contributed by atoms with E-state index in [0.717, 1.165) is 30.2 Å². The van der Waals surface area contributed by atoms with E-state index in [9.17, 15) is 15.0 Å². The van der Waals surface area contributed by atoms with Crippen molar-refractivity contribution in [2.75, 3.05) is 0 Å². The topological polar surface area (TPSA) is 77.8 Å². The number of allylic oxidation sites excluding steroid dienone is 3.